The fraction of sp³-hybridized carbons (Fsp3) is 0.154. The van der Waals surface area contributed by atoms with Crippen molar-refractivity contribution >= 4 is 17.6 Å². The highest BCUT2D eigenvalue weighted by Gasteiger charge is 1.99. The Morgan fingerprint density at radius 2 is 2.10 bits per heavy atom. The number of hydrogen-bond acceptors (Lipinski definition) is 5. The van der Waals surface area contributed by atoms with Gasteiger partial charge in [0.25, 0.3) is 5.56 Å². The number of nitrogen functional groups attached to an aromatic ring is 1. The number of amidine groups is 1. The van der Waals surface area contributed by atoms with Crippen LogP contribution in [0.3, 0.4) is 0 Å². The van der Waals surface area contributed by atoms with E-state index in [2.05, 4.69) is 9.97 Å². The van der Waals surface area contributed by atoms with Crippen LogP contribution in [0.15, 0.2) is 46.5 Å². The molecule has 0 atom stereocenters. The Kier molecular flexibility index (Phi) is 4.78. The van der Waals surface area contributed by atoms with Crippen molar-refractivity contribution in [2.75, 3.05) is 12.4 Å². The first kappa shape index (κ1) is 14.1. The second kappa shape index (κ2) is 6.76. The zero-order valence-electron chi connectivity index (χ0n) is 10.6. The lowest BCUT2D eigenvalue weighted by molar-refractivity contribution is 0.344. The molecule has 0 radical (unpaired) electrons. The molecule has 0 aliphatic rings. The Balaban J connectivity index is 1.78. The predicted octanol–water partition coefficient (Wildman–Crippen LogP) is 1.23. The van der Waals surface area contributed by atoms with Gasteiger partial charge < -0.3 is 15.5 Å². The van der Waals surface area contributed by atoms with Crippen molar-refractivity contribution in [2.45, 2.75) is 5.16 Å². The summed E-state index contributed by atoms with van der Waals surface area (Å²) in [6.45, 7) is 0.489. The third kappa shape index (κ3) is 4.13. The first-order valence-electron chi connectivity index (χ1n) is 5.90. The van der Waals surface area contributed by atoms with Crippen molar-refractivity contribution < 1.29 is 4.74 Å². The minimum Gasteiger partial charge on any atom is -0.493 e. The van der Waals surface area contributed by atoms with Gasteiger partial charge >= 0.3 is 0 Å². The van der Waals surface area contributed by atoms with Crippen LogP contribution in [0, 0.1) is 5.41 Å². The second-order valence-electron chi connectivity index (χ2n) is 3.87. The van der Waals surface area contributed by atoms with Gasteiger partial charge in [0.1, 0.15) is 11.6 Å². The van der Waals surface area contributed by atoms with Crippen molar-refractivity contribution in [2.24, 2.45) is 5.73 Å². The summed E-state index contributed by atoms with van der Waals surface area (Å²) in [5, 5.41) is 7.86. The second-order valence-corrected chi connectivity index (χ2v) is 4.96. The Morgan fingerprint density at radius 1 is 1.35 bits per heavy atom. The number of nitrogens with one attached hydrogen (secondary N) is 2. The molecule has 0 saturated carbocycles. The Labute approximate surface area is 119 Å². The van der Waals surface area contributed by atoms with Gasteiger partial charge in [-0.05, 0) is 24.3 Å². The summed E-state index contributed by atoms with van der Waals surface area (Å²) < 4.78 is 5.54. The summed E-state index contributed by atoms with van der Waals surface area (Å²) in [7, 11) is 0. The van der Waals surface area contributed by atoms with Gasteiger partial charge in [0.15, 0.2) is 5.16 Å². The van der Waals surface area contributed by atoms with Crippen LogP contribution in [-0.4, -0.2) is 28.2 Å². The highest BCUT2D eigenvalue weighted by Crippen LogP contribution is 2.14. The third-order valence-electron chi connectivity index (χ3n) is 2.40. The monoisotopic (exact) mass is 290 g/mol. The number of nitrogens with zero attached hydrogens (tertiary/aromatic N) is 1. The molecule has 0 saturated heterocycles. The molecular weight excluding hydrogens is 276 g/mol. The van der Waals surface area contributed by atoms with E-state index in [1.165, 1.54) is 24.0 Å². The average Bonchev–Trinajstić information content (AvgIpc) is 2.44. The van der Waals surface area contributed by atoms with Crippen LogP contribution in [0.25, 0.3) is 0 Å². The molecular formula is C13H14N4O2S. The summed E-state index contributed by atoms with van der Waals surface area (Å²) in [6.07, 6.45) is 1.47. The minimum atomic E-state index is -0.164. The normalized spacial score (nSPS) is 10.2. The van der Waals surface area contributed by atoms with E-state index in [4.69, 9.17) is 15.9 Å². The number of nitrogens with two attached hydrogens (primary N) is 1. The first-order chi connectivity index (χ1) is 9.65. The number of hydrogen-bond donors (Lipinski definition) is 3. The maximum Gasteiger partial charge on any atom is 0.251 e. The zero-order chi connectivity index (χ0) is 14.4. The van der Waals surface area contributed by atoms with Gasteiger partial charge in [-0.3, -0.25) is 10.2 Å². The smallest absolute Gasteiger partial charge is 0.251 e. The molecule has 0 aliphatic heterocycles. The molecule has 2 aromatic rings. The quantitative estimate of drug-likeness (QED) is 0.244. The van der Waals surface area contributed by atoms with Crippen molar-refractivity contribution in [3.63, 3.8) is 0 Å². The molecule has 0 unspecified atom stereocenters. The topological polar surface area (TPSA) is 105 Å². The molecule has 0 amide bonds. The van der Waals surface area contributed by atoms with E-state index >= 15 is 0 Å². The van der Waals surface area contributed by atoms with E-state index in [1.54, 1.807) is 24.3 Å². The SMILES string of the molecule is N=C(N)c1ccc(OCCSc2nccc(=O)[nH]2)cc1. The maximum atomic E-state index is 11.1. The zero-order valence-corrected chi connectivity index (χ0v) is 11.4. The standard InChI is InChI=1S/C13H14N4O2S/c14-12(15)9-1-3-10(4-2-9)19-7-8-20-13-16-6-5-11(18)17-13/h1-6H,7-8H2,(H3,14,15)(H,16,17,18). The highest BCUT2D eigenvalue weighted by molar-refractivity contribution is 7.99. The lowest BCUT2D eigenvalue weighted by atomic mass is 10.2. The summed E-state index contributed by atoms with van der Waals surface area (Å²) in [5.74, 6) is 1.41. The Bertz CT molecular complexity index is 639. The van der Waals surface area contributed by atoms with E-state index in [9.17, 15) is 4.79 Å². The number of H-pyrrole nitrogens is 1. The largest absolute Gasteiger partial charge is 0.493 e. The van der Waals surface area contributed by atoms with Crippen molar-refractivity contribution in [1.82, 2.24) is 9.97 Å². The lowest BCUT2D eigenvalue weighted by Gasteiger charge is -2.06. The van der Waals surface area contributed by atoms with Crippen molar-refractivity contribution in [1.29, 1.82) is 5.41 Å². The van der Waals surface area contributed by atoms with Gasteiger partial charge in [-0.1, -0.05) is 11.8 Å². The van der Waals surface area contributed by atoms with Gasteiger partial charge in [-0.15, -0.1) is 0 Å². The number of aromatic nitrogens is 2. The Hall–Kier alpha value is -2.28. The van der Waals surface area contributed by atoms with Crippen LogP contribution in [-0.2, 0) is 0 Å². The van der Waals surface area contributed by atoms with E-state index in [1.807, 2.05) is 0 Å². The predicted molar refractivity (Wildman–Crippen MR) is 78.5 cm³/mol. The summed E-state index contributed by atoms with van der Waals surface area (Å²) >= 11 is 1.42. The summed E-state index contributed by atoms with van der Waals surface area (Å²) in [6, 6.07) is 8.38. The fourth-order valence-corrected chi connectivity index (χ4v) is 2.12. The number of ether oxygens (including phenoxy) is 1. The van der Waals surface area contributed by atoms with Crippen LogP contribution in [0.1, 0.15) is 5.56 Å². The van der Waals surface area contributed by atoms with Crippen molar-refractivity contribution in [3.05, 3.63) is 52.4 Å². The molecule has 0 aliphatic carbocycles. The van der Waals surface area contributed by atoms with E-state index < -0.39 is 0 Å². The van der Waals surface area contributed by atoms with Crippen LogP contribution in [0.2, 0.25) is 0 Å². The van der Waals surface area contributed by atoms with Gasteiger partial charge in [0.2, 0.25) is 0 Å². The van der Waals surface area contributed by atoms with Gasteiger partial charge in [-0.25, -0.2) is 4.98 Å². The molecule has 0 spiro atoms. The number of benzene rings is 1. The third-order valence-corrected chi connectivity index (χ3v) is 3.26. The molecule has 7 heteroatoms. The molecule has 0 bridgehead atoms. The van der Waals surface area contributed by atoms with E-state index in [0.717, 1.165) is 0 Å². The van der Waals surface area contributed by atoms with E-state index in [-0.39, 0.29) is 11.4 Å². The van der Waals surface area contributed by atoms with Crippen LogP contribution < -0.4 is 16.0 Å². The van der Waals surface area contributed by atoms with Crippen LogP contribution in [0.4, 0.5) is 0 Å². The minimum absolute atomic E-state index is 0.0335. The fourth-order valence-electron chi connectivity index (χ4n) is 1.45. The average molecular weight is 290 g/mol. The molecule has 1 aromatic heterocycles. The molecule has 1 aromatic carbocycles. The molecule has 104 valence electrons. The Morgan fingerprint density at radius 3 is 2.75 bits per heavy atom. The molecule has 0 fully saturated rings. The van der Waals surface area contributed by atoms with Gasteiger partial charge in [-0.2, -0.15) is 0 Å². The first-order valence-corrected chi connectivity index (χ1v) is 6.89. The molecule has 6 nitrogen and oxygen atoms in total. The van der Waals surface area contributed by atoms with Gasteiger partial charge in [0, 0.05) is 23.6 Å². The number of thioether (sulfide) groups is 1. The molecule has 4 N–H and O–H groups in total. The lowest BCUT2D eigenvalue weighted by Crippen LogP contribution is -2.10. The van der Waals surface area contributed by atoms with Crippen molar-refractivity contribution in [3.8, 4) is 5.75 Å². The maximum absolute atomic E-state index is 11.1. The summed E-state index contributed by atoms with van der Waals surface area (Å²) in [5.41, 5.74) is 5.87. The molecule has 2 rings (SSSR count). The highest BCUT2D eigenvalue weighted by atomic mass is 32.2. The van der Waals surface area contributed by atoms with E-state index in [0.29, 0.717) is 28.8 Å². The molecule has 1 heterocycles. The van der Waals surface area contributed by atoms with Crippen LogP contribution in [0.5, 0.6) is 5.75 Å². The summed E-state index contributed by atoms with van der Waals surface area (Å²) in [4.78, 5) is 17.7. The van der Waals surface area contributed by atoms with Crippen LogP contribution >= 0.6 is 11.8 Å². The number of rotatable bonds is 6. The molecule has 20 heavy (non-hydrogen) atoms. The van der Waals surface area contributed by atoms with Gasteiger partial charge in [0.05, 0.1) is 6.61 Å². The number of aromatic amines is 1.